The fourth-order valence-corrected chi connectivity index (χ4v) is 9.90. The van der Waals surface area contributed by atoms with Gasteiger partial charge in [0.25, 0.3) is 0 Å². The monoisotopic (exact) mass is 332 g/mol. The van der Waals surface area contributed by atoms with Crippen molar-refractivity contribution in [2.75, 3.05) is 0 Å². The second-order valence-corrected chi connectivity index (χ2v) is 11.3. The molecule has 0 heterocycles. The van der Waals surface area contributed by atoms with Crippen LogP contribution in [0.3, 0.4) is 0 Å². The Balaban J connectivity index is 1.55. The zero-order valence-electron chi connectivity index (χ0n) is 15.1. The zero-order chi connectivity index (χ0) is 15.5. The summed E-state index contributed by atoms with van der Waals surface area (Å²) in [6.45, 7) is 0. The number of hydrogen-bond donors (Lipinski definition) is 0. The van der Waals surface area contributed by atoms with Crippen LogP contribution < -0.4 is 0 Å². The zero-order valence-corrected chi connectivity index (χ0v) is 16.2. The van der Waals surface area contributed by atoms with Gasteiger partial charge in [0.05, 0.1) is 0 Å². The third-order valence-corrected chi connectivity index (χ3v) is 10.9. The predicted octanol–water partition coefficient (Wildman–Crippen LogP) is 6.59. The van der Waals surface area contributed by atoms with Gasteiger partial charge in [0.2, 0.25) is 0 Å². The van der Waals surface area contributed by atoms with Gasteiger partial charge >= 0.3 is 0 Å². The molecule has 23 heavy (non-hydrogen) atoms. The fourth-order valence-electron chi connectivity index (χ4n) is 8.82. The van der Waals surface area contributed by atoms with Crippen molar-refractivity contribution in [1.29, 1.82) is 0 Å². The Morgan fingerprint density at radius 2 is 1.09 bits per heavy atom. The quantitative estimate of drug-likeness (QED) is 0.501. The molecule has 0 saturated heterocycles. The summed E-state index contributed by atoms with van der Waals surface area (Å²) in [7, 11) is 3.64. The van der Waals surface area contributed by atoms with Gasteiger partial charge in [-0.15, -0.1) is 9.24 Å². The molecule has 0 amide bonds. The van der Waals surface area contributed by atoms with E-state index >= 15 is 0 Å². The molecule has 6 rings (SSSR count). The molecule has 0 aromatic carbocycles. The van der Waals surface area contributed by atoms with Crippen LogP contribution in [-0.2, 0) is 0 Å². The van der Waals surface area contributed by atoms with Crippen LogP contribution in [0.2, 0.25) is 0 Å². The predicted molar refractivity (Wildman–Crippen MR) is 102 cm³/mol. The maximum absolute atomic E-state index is 3.64. The van der Waals surface area contributed by atoms with E-state index in [2.05, 4.69) is 9.24 Å². The summed E-state index contributed by atoms with van der Waals surface area (Å²) >= 11 is 0. The highest BCUT2D eigenvalue weighted by Crippen LogP contribution is 2.74. The minimum absolute atomic E-state index is 0.642. The molecule has 4 unspecified atom stereocenters. The van der Waals surface area contributed by atoms with Gasteiger partial charge in [0.15, 0.2) is 0 Å². The molecule has 6 aliphatic rings. The van der Waals surface area contributed by atoms with Crippen LogP contribution in [0, 0.1) is 35.0 Å². The maximum Gasteiger partial charge on any atom is -0.00347 e. The molecule has 0 radical (unpaired) electrons. The van der Waals surface area contributed by atoms with Crippen LogP contribution in [0.25, 0.3) is 0 Å². The standard InChI is InChI=1S/C22H37P/c23-22(19-9-5-2-6-10-19)20-12-16-11-17(13-20)15-21(22,14-16)18-7-3-1-4-8-18/h16-20H,1-15,23H2. The van der Waals surface area contributed by atoms with Gasteiger partial charge in [0, 0.05) is 0 Å². The molecule has 0 aliphatic heterocycles. The van der Waals surface area contributed by atoms with Gasteiger partial charge in [-0.3, -0.25) is 0 Å². The second-order valence-electron chi connectivity index (χ2n) is 10.3. The normalized spacial score (nSPS) is 51.3. The van der Waals surface area contributed by atoms with Crippen molar-refractivity contribution < 1.29 is 0 Å². The van der Waals surface area contributed by atoms with Crippen LogP contribution >= 0.6 is 9.24 Å². The van der Waals surface area contributed by atoms with Crippen molar-refractivity contribution in [2.24, 2.45) is 35.0 Å². The first kappa shape index (κ1) is 15.7. The van der Waals surface area contributed by atoms with Crippen LogP contribution in [0.15, 0.2) is 0 Å². The number of hydrogen-bond acceptors (Lipinski definition) is 0. The molecular formula is C22H37P. The fraction of sp³-hybridized carbons (Fsp3) is 1.00. The average molecular weight is 333 g/mol. The van der Waals surface area contributed by atoms with Gasteiger partial charge in [-0.2, -0.15) is 0 Å². The SMILES string of the molecule is PC1(C2CCCCC2)C2CC3CC(C2)CC1(C1CCCCC1)C3. The van der Waals surface area contributed by atoms with Gasteiger partial charge in [0.1, 0.15) is 0 Å². The van der Waals surface area contributed by atoms with Crippen molar-refractivity contribution in [1.82, 2.24) is 0 Å². The molecule has 0 aromatic heterocycles. The molecule has 6 aliphatic carbocycles. The van der Waals surface area contributed by atoms with Gasteiger partial charge in [-0.05, 0) is 97.9 Å². The Bertz CT molecular complexity index is 427. The van der Waals surface area contributed by atoms with E-state index in [0.29, 0.717) is 5.16 Å². The van der Waals surface area contributed by atoms with Crippen LogP contribution in [0.1, 0.15) is 96.3 Å². The van der Waals surface area contributed by atoms with E-state index < -0.39 is 0 Å². The molecule has 0 nitrogen and oxygen atoms in total. The van der Waals surface area contributed by atoms with Crippen molar-refractivity contribution in [3.8, 4) is 0 Å². The number of rotatable bonds is 2. The largest absolute Gasteiger partial charge is 0.130 e. The molecular weight excluding hydrogens is 295 g/mol. The molecule has 6 fully saturated rings. The third-order valence-electron chi connectivity index (χ3n) is 9.41. The lowest BCUT2D eigenvalue weighted by Gasteiger charge is -2.72. The Kier molecular flexibility index (Phi) is 3.90. The lowest BCUT2D eigenvalue weighted by Crippen LogP contribution is -2.67. The Morgan fingerprint density at radius 1 is 0.565 bits per heavy atom. The smallest absolute Gasteiger partial charge is 0.00347 e. The third kappa shape index (κ3) is 2.19. The highest BCUT2D eigenvalue weighted by molar-refractivity contribution is 7.19. The van der Waals surface area contributed by atoms with E-state index in [9.17, 15) is 0 Å². The van der Waals surface area contributed by atoms with E-state index in [4.69, 9.17) is 0 Å². The minimum Gasteiger partial charge on any atom is -0.130 e. The molecule has 0 N–H and O–H groups in total. The average Bonchev–Trinajstić information content (AvgIpc) is 2.60. The Morgan fingerprint density at radius 3 is 1.65 bits per heavy atom. The first-order valence-corrected chi connectivity index (χ1v) is 11.6. The first-order chi connectivity index (χ1) is 11.2. The van der Waals surface area contributed by atoms with E-state index in [0.717, 1.165) is 35.0 Å². The highest BCUT2D eigenvalue weighted by atomic mass is 31.0. The maximum atomic E-state index is 3.64. The topological polar surface area (TPSA) is 0 Å². The minimum atomic E-state index is 0.642. The summed E-state index contributed by atoms with van der Waals surface area (Å²) < 4.78 is 0. The molecule has 4 atom stereocenters. The summed E-state index contributed by atoms with van der Waals surface area (Å²) in [5.74, 6) is 5.44. The first-order valence-electron chi connectivity index (χ1n) is 11.0. The molecule has 0 spiro atoms. The van der Waals surface area contributed by atoms with Crippen molar-refractivity contribution >= 4 is 9.24 Å². The van der Waals surface area contributed by atoms with Gasteiger partial charge in [-0.1, -0.05) is 38.5 Å². The summed E-state index contributed by atoms with van der Waals surface area (Å²) in [5.41, 5.74) is 0.745. The van der Waals surface area contributed by atoms with E-state index in [1.165, 1.54) is 38.5 Å². The van der Waals surface area contributed by atoms with E-state index in [-0.39, 0.29) is 0 Å². The Labute approximate surface area is 146 Å². The summed E-state index contributed by atoms with van der Waals surface area (Å²) in [6.07, 6.45) is 23.5. The molecule has 130 valence electrons. The van der Waals surface area contributed by atoms with Crippen LogP contribution in [0.4, 0.5) is 0 Å². The molecule has 1 heteroatoms. The van der Waals surface area contributed by atoms with Gasteiger partial charge < -0.3 is 0 Å². The van der Waals surface area contributed by atoms with E-state index in [1.807, 2.05) is 0 Å². The molecule has 4 bridgehead atoms. The lowest BCUT2D eigenvalue weighted by molar-refractivity contribution is -0.149. The molecule has 6 saturated carbocycles. The summed E-state index contributed by atoms with van der Waals surface area (Å²) in [6, 6.07) is 0. The van der Waals surface area contributed by atoms with Crippen molar-refractivity contribution in [3.05, 3.63) is 0 Å². The second kappa shape index (κ2) is 5.72. The van der Waals surface area contributed by atoms with Crippen molar-refractivity contribution in [3.63, 3.8) is 0 Å². The highest BCUT2D eigenvalue weighted by Gasteiger charge is 2.67. The summed E-state index contributed by atoms with van der Waals surface area (Å²) in [4.78, 5) is 0. The Hall–Kier alpha value is 0.430. The summed E-state index contributed by atoms with van der Waals surface area (Å²) in [5, 5.41) is 0.642. The van der Waals surface area contributed by atoms with Gasteiger partial charge in [-0.25, -0.2) is 0 Å². The lowest BCUT2D eigenvalue weighted by atomic mass is 9.38. The molecule has 0 aromatic rings. The van der Waals surface area contributed by atoms with Crippen LogP contribution in [0.5, 0.6) is 0 Å². The van der Waals surface area contributed by atoms with Crippen molar-refractivity contribution in [2.45, 2.75) is 101 Å². The van der Waals surface area contributed by atoms with Crippen LogP contribution in [-0.4, -0.2) is 5.16 Å². The van der Waals surface area contributed by atoms with E-state index in [1.54, 1.807) is 57.8 Å².